The van der Waals surface area contributed by atoms with Crippen molar-refractivity contribution < 1.29 is 14.4 Å². The van der Waals surface area contributed by atoms with E-state index in [1.807, 2.05) is 31.1 Å². The van der Waals surface area contributed by atoms with Gasteiger partial charge in [0.05, 0.1) is 11.6 Å². The molecule has 36 heavy (non-hydrogen) atoms. The highest BCUT2D eigenvalue weighted by Crippen LogP contribution is 2.27. The van der Waals surface area contributed by atoms with Crippen LogP contribution in [0.3, 0.4) is 0 Å². The number of piperidine rings is 1. The summed E-state index contributed by atoms with van der Waals surface area (Å²) in [7, 11) is 3.42. The van der Waals surface area contributed by atoms with Crippen molar-refractivity contribution in [3.8, 4) is 0 Å². The van der Waals surface area contributed by atoms with Crippen molar-refractivity contribution >= 4 is 46.0 Å². The Kier molecular flexibility index (Phi) is 6.94. The Balaban J connectivity index is 1.67. The fraction of sp³-hybridized carbons (Fsp3) is 0.440. The Morgan fingerprint density at radius 2 is 2.00 bits per heavy atom. The lowest BCUT2D eigenvalue weighted by molar-refractivity contribution is -0.133. The van der Waals surface area contributed by atoms with Crippen LogP contribution in [0.25, 0.3) is 5.65 Å². The number of carbonyl (C=O) groups is 3. The molecule has 0 aliphatic carbocycles. The smallest absolute Gasteiger partial charge is 0.270 e. The number of aldehydes is 1. The molecule has 3 aromatic heterocycles. The van der Waals surface area contributed by atoms with Crippen LogP contribution in [0.5, 0.6) is 0 Å². The second-order valence-corrected chi connectivity index (χ2v) is 11.0. The monoisotopic (exact) mass is 510 g/mol. The molecule has 190 valence electrons. The number of hydrogen-bond donors (Lipinski definition) is 1. The third kappa shape index (κ3) is 5.01. The molecule has 0 saturated carbocycles. The number of nitrogens with one attached hydrogen (secondary N) is 1. The molecule has 1 unspecified atom stereocenters. The van der Waals surface area contributed by atoms with Crippen molar-refractivity contribution in [3.05, 3.63) is 50.9 Å². The number of amides is 2. The minimum absolute atomic E-state index is 0.000580. The predicted molar refractivity (Wildman–Crippen MR) is 139 cm³/mol. The third-order valence-electron chi connectivity index (χ3n) is 6.23. The summed E-state index contributed by atoms with van der Waals surface area (Å²) in [4.78, 5) is 62.9. The maximum atomic E-state index is 13.1. The van der Waals surface area contributed by atoms with Gasteiger partial charge in [-0.2, -0.15) is 0 Å². The standard InChI is InChI=1S/C25H30N6O4S/c1-25(2,3)18-14-36-24(26-18)28-21(33)15-8-10-31-19(11-15)27-20(17(13-32)23(31)35)30-9-6-7-16(12-30)22(34)29(4)5/h8,10-11,13-14,16H,6-7,9,12H2,1-5H3,(H,26,28,33). The van der Waals surface area contributed by atoms with Gasteiger partial charge >= 0.3 is 0 Å². The zero-order valence-electron chi connectivity index (χ0n) is 21.1. The fourth-order valence-corrected chi connectivity index (χ4v) is 5.14. The summed E-state index contributed by atoms with van der Waals surface area (Å²) >= 11 is 1.35. The Morgan fingerprint density at radius 1 is 1.25 bits per heavy atom. The Hall–Kier alpha value is -3.60. The first-order valence-corrected chi connectivity index (χ1v) is 12.6. The number of thiazole rings is 1. The van der Waals surface area contributed by atoms with Crippen LogP contribution in [0.2, 0.25) is 0 Å². The first kappa shape index (κ1) is 25.5. The van der Waals surface area contributed by atoms with Gasteiger partial charge in [-0.3, -0.25) is 28.9 Å². The van der Waals surface area contributed by atoms with Gasteiger partial charge in [0.2, 0.25) is 5.91 Å². The van der Waals surface area contributed by atoms with Crippen molar-refractivity contribution in [1.82, 2.24) is 19.3 Å². The molecule has 2 amide bonds. The molecule has 1 atom stereocenters. The average molecular weight is 511 g/mol. The number of anilines is 2. The average Bonchev–Trinajstić information content (AvgIpc) is 3.32. The summed E-state index contributed by atoms with van der Waals surface area (Å²) < 4.78 is 1.25. The number of fused-ring (bicyclic) bond motifs is 1. The molecule has 1 N–H and O–H groups in total. The molecule has 11 heteroatoms. The van der Waals surface area contributed by atoms with Crippen LogP contribution in [0.1, 0.15) is 60.0 Å². The number of aromatic nitrogens is 3. The molecule has 0 spiro atoms. The first-order valence-electron chi connectivity index (χ1n) is 11.7. The van der Waals surface area contributed by atoms with Crippen LogP contribution >= 0.6 is 11.3 Å². The highest BCUT2D eigenvalue weighted by atomic mass is 32.1. The molecular formula is C25H30N6O4S. The topological polar surface area (TPSA) is 117 Å². The number of carbonyl (C=O) groups excluding carboxylic acids is 3. The minimum Gasteiger partial charge on any atom is -0.355 e. The van der Waals surface area contributed by atoms with E-state index in [-0.39, 0.29) is 40.2 Å². The molecule has 3 aromatic rings. The predicted octanol–water partition coefficient (Wildman–Crippen LogP) is 2.82. The minimum atomic E-state index is -0.521. The molecular weight excluding hydrogens is 480 g/mol. The summed E-state index contributed by atoms with van der Waals surface area (Å²) in [6.07, 6.45) is 3.41. The van der Waals surface area contributed by atoms with Gasteiger partial charge in [0.1, 0.15) is 17.0 Å². The first-order chi connectivity index (χ1) is 17.0. The highest BCUT2D eigenvalue weighted by Gasteiger charge is 2.30. The molecule has 10 nitrogen and oxygen atoms in total. The van der Waals surface area contributed by atoms with Gasteiger partial charge in [-0.05, 0) is 25.0 Å². The van der Waals surface area contributed by atoms with Crippen LogP contribution in [0.15, 0.2) is 28.5 Å². The van der Waals surface area contributed by atoms with Crippen molar-refractivity contribution in [1.29, 1.82) is 0 Å². The van der Waals surface area contributed by atoms with Crippen molar-refractivity contribution in [2.24, 2.45) is 5.92 Å². The number of pyridine rings is 1. The zero-order chi connectivity index (χ0) is 26.2. The quantitative estimate of drug-likeness (QED) is 0.525. The Morgan fingerprint density at radius 3 is 2.64 bits per heavy atom. The summed E-state index contributed by atoms with van der Waals surface area (Å²) in [5.41, 5.74) is 0.702. The van der Waals surface area contributed by atoms with Crippen molar-refractivity contribution in [2.45, 2.75) is 39.0 Å². The van der Waals surface area contributed by atoms with Gasteiger partial charge in [-0.15, -0.1) is 11.3 Å². The van der Waals surface area contributed by atoms with E-state index >= 15 is 0 Å². The molecule has 1 fully saturated rings. The summed E-state index contributed by atoms with van der Waals surface area (Å²) in [5.74, 6) is -0.390. The largest absolute Gasteiger partial charge is 0.355 e. The normalized spacial score (nSPS) is 16.1. The zero-order valence-corrected chi connectivity index (χ0v) is 21.9. The van der Waals surface area contributed by atoms with Gasteiger partial charge in [0.15, 0.2) is 11.4 Å². The van der Waals surface area contributed by atoms with Crippen LogP contribution in [-0.2, 0) is 10.2 Å². The van der Waals surface area contributed by atoms with Crippen LogP contribution in [0.4, 0.5) is 10.9 Å². The molecule has 0 radical (unpaired) electrons. The lowest BCUT2D eigenvalue weighted by Crippen LogP contribution is -2.44. The van der Waals surface area contributed by atoms with Crippen LogP contribution < -0.4 is 15.8 Å². The highest BCUT2D eigenvalue weighted by molar-refractivity contribution is 7.14. The molecule has 4 rings (SSSR count). The van der Waals surface area contributed by atoms with Crippen LogP contribution in [-0.4, -0.2) is 64.6 Å². The van der Waals surface area contributed by atoms with E-state index in [1.54, 1.807) is 19.0 Å². The summed E-state index contributed by atoms with van der Waals surface area (Å²) in [5, 5.41) is 5.20. The van der Waals surface area contributed by atoms with E-state index in [1.165, 1.54) is 34.1 Å². The number of nitrogens with zero attached hydrogens (tertiary/aromatic N) is 5. The Labute approximate surface area is 213 Å². The van der Waals surface area contributed by atoms with E-state index in [0.717, 1.165) is 18.5 Å². The van der Waals surface area contributed by atoms with E-state index in [4.69, 9.17) is 0 Å². The molecule has 1 aliphatic heterocycles. The number of rotatable bonds is 5. The second kappa shape index (κ2) is 9.81. The Bertz CT molecular complexity index is 1390. The van der Waals surface area contributed by atoms with E-state index in [2.05, 4.69) is 15.3 Å². The fourth-order valence-electron chi connectivity index (χ4n) is 4.21. The SMILES string of the molecule is CN(C)C(=O)C1CCCN(c2nc3cc(C(=O)Nc4nc(C(C)(C)C)cs4)ccn3c(=O)c2C=O)C1. The van der Waals surface area contributed by atoms with Gasteiger partial charge < -0.3 is 9.80 Å². The van der Waals surface area contributed by atoms with Crippen LogP contribution in [0, 0.1) is 5.92 Å². The van der Waals surface area contributed by atoms with E-state index < -0.39 is 5.56 Å². The molecule has 0 aromatic carbocycles. The summed E-state index contributed by atoms with van der Waals surface area (Å²) in [6, 6.07) is 3.02. The molecule has 1 saturated heterocycles. The van der Waals surface area contributed by atoms with Gasteiger partial charge in [-0.1, -0.05) is 20.8 Å². The van der Waals surface area contributed by atoms with Crippen molar-refractivity contribution in [3.63, 3.8) is 0 Å². The number of hydrogen-bond acceptors (Lipinski definition) is 8. The molecule has 4 heterocycles. The maximum absolute atomic E-state index is 13.1. The lowest BCUT2D eigenvalue weighted by Gasteiger charge is -2.34. The van der Waals surface area contributed by atoms with Gasteiger partial charge in [0, 0.05) is 49.7 Å². The van der Waals surface area contributed by atoms with E-state index in [9.17, 15) is 19.2 Å². The maximum Gasteiger partial charge on any atom is 0.270 e. The van der Waals surface area contributed by atoms with Gasteiger partial charge in [-0.25, -0.2) is 9.97 Å². The van der Waals surface area contributed by atoms with Gasteiger partial charge in [0.25, 0.3) is 11.5 Å². The second-order valence-electron chi connectivity index (χ2n) is 10.2. The summed E-state index contributed by atoms with van der Waals surface area (Å²) in [6.45, 7) is 7.08. The van der Waals surface area contributed by atoms with Crippen molar-refractivity contribution in [2.75, 3.05) is 37.4 Å². The lowest BCUT2D eigenvalue weighted by atomic mass is 9.93. The molecule has 1 aliphatic rings. The molecule has 0 bridgehead atoms. The van der Waals surface area contributed by atoms with E-state index in [0.29, 0.717) is 30.1 Å². The third-order valence-corrected chi connectivity index (χ3v) is 6.99.